The molecule has 17 heavy (non-hydrogen) atoms. The highest BCUT2D eigenvalue weighted by molar-refractivity contribution is 5.14. The Morgan fingerprint density at radius 2 is 1.88 bits per heavy atom. The summed E-state index contributed by atoms with van der Waals surface area (Å²) in [4.78, 5) is 0. The van der Waals surface area contributed by atoms with Crippen LogP contribution < -0.4 is 5.32 Å². The Morgan fingerprint density at radius 1 is 1.06 bits per heavy atom. The Labute approximate surface area is 103 Å². The molecule has 0 radical (unpaired) electrons. The maximum absolute atomic E-state index is 3.20. The lowest BCUT2D eigenvalue weighted by Crippen LogP contribution is -2.11. The molecule has 0 saturated heterocycles. The summed E-state index contributed by atoms with van der Waals surface area (Å²) in [5, 5.41) is 3.20. The van der Waals surface area contributed by atoms with Gasteiger partial charge < -0.3 is 9.88 Å². The van der Waals surface area contributed by atoms with E-state index >= 15 is 0 Å². The summed E-state index contributed by atoms with van der Waals surface area (Å²) in [6, 6.07) is 15.0. The molecule has 2 rings (SSSR count). The van der Waals surface area contributed by atoms with E-state index in [9.17, 15) is 0 Å². The van der Waals surface area contributed by atoms with Crippen molar-refractivity contribution in [1.82, 2.24) is 9.88 Å². The van der Waals surface area contributed by atoms with Gasteiger partial charge in [-0.05, 0) is 37.6 Å². The Kier molecular flexibility index (Phi) is 4.39. The first-order chi connectivity index (χ1) is 8.40. The van der Waals surface area contributed by atoms with Crippen molar-refractivity contribution in [3.8, 4) is 0 Å². The van der Waals surface area contributed by atoms with Crippen LogP contribution in [0, 0.1) is 0 Å². The molecule has 0 bridgehead atoms. The predicted octanol–water partition coefficient (Wildman–Crippen LogP) is 2.84. The fraction of sp³-hybridized carbons (Fsp3) is 0.333. The number of nitrogens with one attached hydrogen (secondary N) is 1. The van der Waals surface area contributed by atoms with Crippen LogP contribution in [0.3, 0.4) is 0 Å². The smallest absolute Gasteiger partial charge is 0.0356 e. The van der Waals surface area contributed by atoms with Gasteiger partial charge in [-0.3, -0.25) is 0 Å². The molecule has 0 fully saturated rings. The van der Waals surface area contributed by atoms with Crippen LogP contribution in [0.25, 0.3) is 0 Å². The SMILES string of the molecule is CNCc1cccn1CCCc1ccccc1. The first-order valence-corrected chi connectivity index (χ1v) is 6.22. The molecule has 1 aromatic carbocycles. The second-order valence-electron chi connectivity index (χ2n) is 4.31. The fourth-order valence-electron chi connectivity index (χ4n) is 2.11. The van der Waals surface area contributed by atoms with Crippen LogP contribution in [0.5, 0.6) is 0 Å². The summed E-state index contributed by atoms with van der Waals surface area (Å²) in [7, 11) is 1.99. The number of aromatic nitrogens is 1. The predicted molar refractivity (Wildman–Crippen MR) is 72.0 cm³/mol. The van der Waals surface area contributed by atoms with Gasteiger partial charge in [-0.25, -0.2) is 0 Å². The van der Waals surface area contributed by atoms with Crippen LogP contribution >= 0.6 is 0 Å². The second-order valence-corrected chi connectivity index (χ2v) is 4.31. The van der Waals surface area contributed by atoms with E-state index in [1.807, 2.05) is 7.05 Å². The van der Waals surface area contributed by atoms with Gasteiger partial charge in [0.1, 0.15) is 0 Å². The van der Waals surface area contributed by atoms with Crippen LogP contribution in [-0.2, 0) is 19.5 Å². The lowest BCUT2D eigenvalue weighted by molar-refractivity contribution is 0.605. The van der Waals surface area contributed by atoms with Crippen molar-refractivity contribution in [2.75, 3.05) is 7.05 Å². The van der Waals surface area contributed by atoms with E-state index in [1.165, 1.54) is 17.7 Å². The maximum Gasteiger partial charge on any atom is 0.0356 e. The number of hydrogen-bond donors (Lipinski definition) is 1. The van der Waals surface area contributed by atoms with Gasteiger partial charge in [0, 0.05) is 25.0 Å². The highest BCUT2D eigenvalue weighted by Crippen LogP contribution is 2.07. The quantitative estimate of drug-likeness (QED) is 0.804. The van der Waals surface area contributed by atoms with E-state index in [0.717, 1.165) is 19.5 Å². The normalized spacial score (nSPS) is 10.6. The molecule has 1 heterocycles. The van der Waals surface area contributed by atoms with Gasteiger partial charge in [0.2, 0.25) is 0 Å². The van der Waals surface area contributed by atoms with Gasteiger partial charge in [-0.1, -0.05) is 30.3 Å². The molecule has 0 spiro atoms. The summed E-state index contributed by atoms with van der Waals surface area (Å²) in [6.07, 6.45) is 4.51. The zero-order chi connectivity index (χ0) is 11.9. The highest BCUT2D eigenvalue weighted by atomic mass is 15.0. The van der Waals surface area contributed by atoms with Crippen LogP contribution in [0.15, 0.2) is 48.7 Å². The van der Waals surface area contributed by atoms with E-state index in [0.29, 0.717) is 0 Å². The lowest BCUT2D eigenvalue weighted by Gasteiger charge is -2.08. The molecule has 0 aliphatic heterocycles. The summed E-state index contributed by atoms with van der Waals surface area (Å²) in [5.41, 5.74) is 2.79. The molecular weight excluding hydrogens is 208 g/mol. The molecule has 1 N–H and O–H groups in total. The molecule has 0 unspecified atom stereocenters. The number of nitrogens with zero attached hydrogens (tertiary/aromatic N) is 1. The third kappa shape index (κ3) is 3.46. The summed E-state index contributed by atoms with van der Waals surface area (Å²) in [6.45, 7) is 2.04. The average Bonchev–Trinajstić information content (AvgIpc) is 2.79. The van der Waals surface area contributed by atoms with Crippen LogP contribution in [0.4, 0.5) is 0 Å². The van der Waals surface area contributed by atoms with E-state index in [2.05, 4.69) is 58.5 Å². The number of hydrogen-bond acceptors (Lipinski definition) is 1. The molecule has 0 amide bonds. The second kappa shape index (κ2) is 6.26. The minimum Gasteiger partial charge on any atom is -0.350 e. The van der Waals surface area contributed by atoms with Crippen molar-refractivity contribution in [2.24, 2.45) is 0 Å². The minimum absolute atomic E-state index is 0.943. The van der Waals surface area contributed by atoms with E-state index in [1.54, 1.807) is 0 Å². The standard InChI is InChI=1S/C15H20N2/c1-16-13-15-10-6-12-17(15)11-5-9-14-7-3-2-4-8-14/h2-4,6-8,10,12,16H,5,9,11,13H2,1H3. The molecule has 0 atom stereocenters. The highest BCUT2D eigenvalue weighted by Gasteiger charge is 1.99. The monoisotopic (exact) mass is 228 g/mol. The molecule has 0 saturated carbocycles. The third-order valence-electron chi connectivity index (χ3n) is 2.99. The molecule has 2 aromatic rings. The van der Waals surface area contributed by atoms with Crippen LogP contribution in [0.1, 0.15) is 17.7 Å². The molecule has 0 aliphatic rings. The van der Waals surface area contributed by atoms with Crippen LogP contribution in [0.2, 0.25) is 0 Å². The van der Waals surface area contributed by atoms with Gasteiger partial charge in [0.05, 0.1) is 0 Å². The molecule has 1 aromatic heterocycles. The Hall–Kier alpha value is -1.54. The van der Waals surface area contributed by atoms with Gasteiger partial charge in [-0.15, -0.1) is 0 Å². The zero-order valence-corrected chi connectivity index (χ0v) is 10.4. The molecule has 2 heteroatoms. The lowest BCUT2D eigenvalue weighted by atomic mass is 10.1. The first kappa shape index (κ1) is 11.9. The maximum atomic E-state index is 3.20. The Balaban J connectivity index is 1.84. The molecule has 0 aliphatic carbocycles. The fourth-order valence-corrected chi connectivity index (χ4v) is 2.11. The average molecular weight is 228 g/mol. The summed E-state index contributed by atoms with van der Waals surface area (Å²) >= 11 is 0. The number of aryl methyl sites for hydroxylation is 2. The van der Waals surface area contributed by atoms with Crippen molar-refractivity contribution in [1.29, 1.82) is 0 Å². The topological polar surface area (TPSA) is 17.0 Å². The van der Waals surface area contributed by atoms with Crippen molar-refractivity contribution < 1.29 is 0 Å². The molecule has 90 valence electrons. The van der Waals surface area contributed by atoms with Gasteiger partial charge in [0.25, 0.3) is 0 Å². The summed E-state index contributed by atoms with van der Waals surface area (Å²) in [5.74, 6) is 0. The van der Waals surface area contributed by atoms with E-state index in [-0.39, 0.29) is 0 Å². The minimum atomic E-state index is 0.943. The van der Waals surface area contributed by atoms with Gasteiger partial charge in [-0.2, -0.15) is 0 Å². The van der Waals surface area contributed by atoms with Crippen molar-refractivity contribution in [2.45, 2.75) is 25.9 Å². The zero-order valence-electron chi connectivity index (χ0n) is 10.4. The molecular formula is C15H20N2. The third-order valence-corrected chi connectivity index (χ3v) is 2.99. The van der Waals surface area contributed by atoms with Gasteiger partial charge in [0.15, 0.2) is 0 Å². The summed E-state index contributed by atoms with van der Waals surface area (Å²) < 4.78 is 2.33. The number of rotatable bonds is 6. The molecule has 2 nitrogen and oxygen atoms in total. The first-order valence-electron chi connectivity index (χ1n) is 6.22. The van der Waals surface area contributed by atoms with E-state index < -0.39 is 0 Å². The van der Waals surface area contributed by atoms with Crippen LogP contribution in [-0.4, -0.2) is 11.6 Å². The Bertz CT molecular complexity index is 431. The van der Waals surface area contributed by atoms with Crippen molar-refractivity contribution in [3.05, 3.63) is 59.9 Å². The van der Waals surface area contributed by atoms with Gasteiger partial charge >= 0.3 is 0 Å². The van der Waals surface area contributed by atoms with Crippen molar-refractivity contribution >= 4 is 0 Å². The van der Waals surface area contributed by atoms with Crippen molar-refractivity contribution in [3.63, 3.8) is 0 Å². The van der Waals surface area contributed by atoms with E-state index in [4.69, 9.17) is 0 Å². The number of benzene rings is 1. The largest absolute Gasteiger partial charge is 0.350 e. The Morgan fingerprint density at radius 3 is 2.65 bits per heavy atom.